The molecule has 3 aliphatic rings. The summed E-state index contributed by atoms with van der Waals surface area (Å²) in [6.07, 6.45) is 6.77. The lowest BCUT2D eigenvalue weighted by Gasteiger charge is -2.34. The molecule has 3 atom stereocenters. The van der Waals surface area contributed by atoms with E-state index < -0.39 is 23.0 Å². The smallest absolute Gasteiger partial charge is 0.323 e. The molecule has 1 fully saturated rings. The van der Waals surface area contributed by atoms with E-state index in [1.807, 2.05) is 19.1 Å². The average molecular weight is 306 g/mol. The summed E-state index contributed by atoms with van der Waals surface area (Å²) in [7, 11) is 0. The zero-order valence-electron chi connectivity index (χ0n) is 13.3. The van der Waals surface area contributed by atoms with Gasteiger partial charge in [0.05, 0.1) is 24.9 Å². The van der Waals surface area contributed by atoms with E-state index in [1.165, 1.54) is 0 Å². The van der Waals surface area contributed by atoms with Crippen LogP contribution in [0.1, 0.15) is 33.6 Å². The first-order valence-electron chi connectivity index (χ1n) is 7.87. The Morgan fingerprint density at radius 3 is 2.50 bits per heavy atom. The van der Waals surface area contributed by atoms with E-state index in [0.29, 0.717) is 12.8 Å². The van der Waals surface area contributed by atoms with E-state index in [4.69, 9.17) is 14.2 Å². The second kappa shape index (κ2) is 5.23. The van der Waals surface area contributed by atoms with Crippen LogP contribution < -0.4 is 0 Å². The predicted molar refractivity (Wildman–Crippen MR) is 78.9 cm³/mol. The second-order valence-corrected chi connectivity index (χ2v) is 6.27. The van der Waals surface area contributed by atoms with Crippen molar-refractivity contribution in [1.29, 1.82) is 0 Å². The van der Waals surface area contributed by atoms with Gasteiger partial charge in [0.25, 0.3) is 0 Å². The number of hydrogen-bond acceptors (Lipinski definition) is 5. The molecule has 3 rings (SSSR count). The number of hydrogen-bond donors (Lipinski definition) is 0. The summed E-state index contributed by atoms with van der Waals surface area (Å²) in [4.78, 5) is 25.1. The molecule has 2 heterocycles. The van der Waals surface area contributed by atoms with Gasteiger partial charge in [0.15, 0.2) is 5.41 Å². The molecule has 2 bridgehead atoms. The number of fused-ring (bicyclic) bond motifs is 1. The molecule has 1 saturated carbocycles. The largest absolute Gasteiger partial charge is 0.465 e. The first-order chi connectivity index (χ1) is 10.5. The summed E-state index contributed by atoms with van der Waals surface area (Å²) in [5.41, 5.74) is -0.723. The SMILES string of the molecule is CCOC(=O)C1(C(=O)OCC)C[C@H]2C=C(C)[C@@H]3C=C[C@@]2(C1)O3. The van der Waals surface area contributed by atoms with Crippen molar-refractivity contribution in [3.05, 3.63) is 23.8 Å². The molecule has 1 aliphatic carbocycles. The van der Waals surface area contributed by atoms with Gasteiger partial charge in [-0.2, -0.15) is 0 Å². The summed E-state index contributed by atoms with van der Waals surface area (Å²) in [6.45, 7) is 5.98. The highest BCUT2D eigenvalue weighted by molar-refractivity contribution is 6.01. The van der Waals surface area contributed by atoms with E-state index in [0.717, 1.165) is 5.57 Å². The maximum Gasteiger partial charge on any atom is 0.323 e. The van der Waals surface area contributed by atoms with Crippen LogP contribution >= 0.6 is 0 Å². The molecule has 5 heteroatoms. The van der Waals surface area contributed by atoms with Gasteiger partial charge < -0.3 is 14.2 Å². The normalized spacial score (nSPS) is 34.0. The van der Waals surface area contributed by atoms with E-state index >= 15 is 0 Å². The summed E-state index contributed by atoms with van der Waals surface area (Å²) < 4.78 is 16.5. The third kappa shape index (κ3) is 2.02. The van der Waals surface area contributed by atoms with E-state index in [-0.39, 0.29) is 25.2 Å². The Hall–Kier alpha value is -1.62. The Morgan fingerprint density at radius 2 is 1.91 bits per heavy atom. The van der Waals surface area contributed by atoms with Gasteiger partial charge in [0.1, 0.15) is 0 Å². The molecule has 120 valence electrons. The molecular weight excluding hydrogens is 284 g/mol. The quantitative estimate of drug-likeness (QED) is 0.452. The molecule has 0 aromatic heterocycles. The number of carbonyl (C=O) groups is 2. The molecule has 0 N–H and O–H groups in total. The van der Waals surface area contributed by atoms with Gasteiger partial charge in [0.2, 0.25) is 0 Å². The molecule has 0 aromatic carbocycles. The molecule has 22 heavy (non-hydrogen) atoms. The molecule has 0 aromatic rings. The molecule has 2 aliphatic heterocycles. The summed E-state index contributed by atoms with van der Waals surface area (Å²) in [5.74, 6) is -0.997. The van der Waals surface area contributed by atoms with Crippen LogP contribution in [0.5, 0.6) is 0 Å². The summed E-state index contributed by atoms with van der Waals surface area (Å²) in [6, 6.07) is 0. The van der Waals surface area contributed by atoms with Crippen LogP contribution in [0, 0.1) is 11.3 Å². The molecule has 0 saturated heterocycles. The van der Waals surface area contributed by atoms with Crippen molar-refractivity contribution >= 4 is 11.9 Å². The van der Waals surface area contributed by atoms with Crippen molar-refractivity contribution in [1.82, 2.24) is 0 Å². The Morgan fingerprint density at radius 1 is 1.27 bits per heavy atom. The van der Waals surface area contributed by atoms with Crippen molar-refractivity contribution < 1.29 is 23.8 Å². The van der Waals surface area contributed by atoms with Gasteiger partial charge in [-0.1, -0.05) is 18.2 Å². The number of esters is 2. The van der Waals surface area contributed by atoms with Gasteiger partial charge in [0, 0.05) is 12.3 Å². The van der Waals surface area contributed by atoms with Crippen LogP contribution in [0.4, 0.5) is 0 Å². The van der Waals surface area contributed by atoms with Crippen molar-refractivity contribution in [2.75, 3.05) is 13.2 Å². The van der Waals surface area contributed by atoms with Gasteiger partial charge in [-0.05, 0) is 32.8 Å². The minimum Gasteiger partial charge on any atom is -0.465 e. The molecule has 5 nitrogen and oxygen atoms in total. The maximum atomic E-state index is 12.6. The Bertz CT molecular complexity index is 543. The van der Waals surface area contributed by atoms with Crippen molar-refractivity contribution in [3.8, 4) is 0 Å². The van der Waals surface area contributed by atoms with Crippen LogP contribution in [-0.2, 0) is 23.8 Å². The Kier molecular flexibility index (Phi) is 3.63. The lowest BCUT2D eigenvalue weighted by Crippen LogP contribution is -2.42. The molecule has 0 radical (unpaired) electrons. The predicted octanol–water partition coefficient (Wildman–Crippen LogP) is 2.16. The Labute approximate surface area is 130 Å². The van der Waals surface area contributed by atoms with Crippen molar-refractivity contribution in [2.45, 2.75) is 45.3 Å². The highest BCUT2D eigenvalue weighted by atomic mass is 16.6. The minimum absolute atomic E-state index is 0.00341. The van der Waals surface area contributed by atoms with E-state index in [9.17, 15) is 9.59 Å². The fourth-order valence-electron chi connectivity index (χ4n) is 3.89. The van der Waals surface area contributed by atoms with Gasteiger partial charge in [-0.15, -0.1) is 0 Å². The number of carbonyl (C=O) groups excluding carboxylic acids is 2. The number of rotatable bonds is 4. The number of ether oxygens (including phenoxy) is 3. The molecule has 0 amide bonds. The van der Waals surface area contributed by atoms with E-state index in [2.05, 4.69) is 6.08 Å². The van der Waals surface area contributed by atoms with E-state index in [1.54, 1.807) is 13.8 Å². The molecule has 1 spiro atoms. The monoisotopic (exact) mass is 306 g/mol. The highest BCUT2D eigenvalue weighted by Gasteiger charge is 2.65. The average Bonchev–Trinajstić information content (AvgIpc) is 3.02. The van der Waals surface area contributed by atoms with Gasteiger partial charge >= 0.3 is 11.9 Å². The standard InChI is InChI=1S/C17H22O5/c1-4-20-14(18)16(15(19)21-5-2)9-12-8-11(3)13-6-7-17(12,10-16)22-13/h6-8,12-13H,4-5,9-10H2,1-3H3/t12-,13+,17+/m1/s1. The second-order valence-electron chi connectivity index (χ2n) is 6.27. The lowest BCUT2D eigenvalue weighted by molar-refractivity contribution is -0.173. The lowest BCUT2D eigenvalue weighted by atomic mass is 9.84. The first kappa shape index (κ1) is 15.3. The van der Waals surface area contributed by atoms with Crippen LogP contribution in [0.15, 0.2) is 23.8 Å². The third-order valence-electron chi connectivity index (χ3n) is 4.92. The van der Waals surface area contributed by atoms with Crippen LogP contribution in [0.3, 0.4) is 0 Å². The zero-order chi connectivity index (χ0) is 16.0. The van der Waals surface area contributed by atoms with Gasteiger partial charge in [-0.3, -0.25) is 9.59 Å². The summed E-state index contributed by atoms with van der Waals surface area (Å²) in [5, 5.41) is 0. The third-order valence-corrected chi connectivity index (χ3v) is 4.92. The minimum atomic E-state index is -1.27. The van der Waals surface area contributed by atoms with Gasteiger partial charge in [-0.25, -0.2) is 0 Å². The summed E-state index contributed by atoms with van der Waals surface area (Å²) >= 11 is 0. The molecular formula is C17H22O5. The first-order valence-corrected chi connectivity index (χ1v) is 7.87. The van der Waals surface area contributed by atoms with Crippen molar-refractivity contribution in [2.24, 2.45) is 11.3 Å². The van der Waals surface area contributed by atoms with Crippen LogP contribution in [0.2, 0.25) is 0 Å². The molecule has 0 unspecified atom stereocenters. The highest BCUT2D eigenvalue weighted by Crippen LogP contribution is 2.57. The fourth-order valence-corrected chi connectivity index (χ4v) is 3.89. The van der Waals surface area contributed by atoms with Crippen LogP contribution in [0.25, 0.3) is 0 Å². The zero-order valence-corrected chi connectivity index (χ0v) is 13.3. The topological polar surface area (TPSA) is 61.8 Å². The van der Waals surface area contributed by atoms with Crippen molar-refractivity contribution in [3.63, 3.8) is 0 Å². The maximum absolute atomic E-state index is 12.6. The fraction of sp³-hybridized carbons (Fsp3) is 0.647. The van der Waals surface area contributed by atoms with Crippen LogP contribution in [-0.4, -0.2) is 36.9 Å². The Balaban J connectivity index is 1.98.